The van der Waals surface area contributed by atoms with Gasteiger partial charge in [-0.2, -0.15) is 23.4 Å². The third-order valence-corrected chi connectivity index (χ3v) is 7.02. The molecule has 2 amide bonds. The van der Waals surface area contributed by atoms with E-state index in [9.17, 15) is 36.7 Å². The number of hydrogen-bond acceptors (Lipinski definition) is 10. The first-order valence-electron chi connectivity index (χ1n) is 13.5. The quantitative estimate of drug-likeness (QED) is 0.119. The number of aliphatic imine (C=N–C) groups is 1. The molecular weight excluding hydrogens is 618 g/mol. The van der Waals surface area contributed by atoms with Gasteiger partial charge >= 0.3 is 18.1 Å². The lowest BCUT2D eigenvalue weighted by atomic mass is 9.87. The van der Waals surface area contributed by atoms with E-state index in [1.165, 1.54) is 41.3 Å². The fourth-order valence-corrected chi connectivity index (χ4v) is 4.95. The monoisotopic (exact) mass is 643 g/mol. The van der Waals surface area contributed by atoms with Crippen molar-refractivity contribution in [2.24, 2.45) is 16.5 Å². The van der Waals surface area contributed by atoms with Crippen LogP contribution in [0.4, 0.5) is 23.2 Å². The molecule has 0 aliphatic carbocycles. The second kappa shape index (κ2) is 12.7. The molecule has 0 radical (unpaired) electrons. The van der Waals surface area contributed by atoms with E-state index in [1.807, 2.05) is 0 Å². The molecule has 3 atom stereocenters. The van der Waals surface area contributed by atoms with Crippen LogP contribution in [0.25, 0.3) is 16.6 Å². The predicted molar refractivity (Wildman–Crippen MR) is 153 cm³/mol. The lowest BCUT2D eigenvalue weighted by Gasteiger charge is -2.26. The first-order valence-corrected chi connectivity index (χ1v) is 13.5. The van der Waals surface area contributed by atoms with Crippen molar-refractivity contribution in [3.63, 3.8) is 0 Å². The Kier molecular flexibility index (Phi) is 8.70. The van der Waals surface area contributed by atoms with Crippen LogP contribution >= 0.6 is 0 Å². The Morgan fingerprint density at radius 1 is 1.11 bits per heavy atom. The number of benzene rings is 2. The SMILES string of the molecule is NC(=O)c1cc(NC2=NCC(F)CN2)c2cnn(C(C(N)=O)[C@@H](CC(=O)OC(=O)C(F)(F)F)c3cccc(-n4cccn4)c3)c2c1. The number of nitrogens with zero attached hydrogens (tertiary/aromatic N) is 5. The molecule has 1 aliphatic rings. The van der Waals surface area contributed by atoms with Crippen LogP contribution in [0, 0.1) is 0 Å². The average molecular weight is 644 g/mol. The molecule has 3 heterocycles. The summed E-state index contributed by atoms with van der Waals surface area (Å²) in [6, 6.07) is 8.94. The topological polar surface area (TPSA) is 202 Å². The number of halogens is 4. The number of ether oxygens (including phenoxy) is 1. The number of esters is 2. The van der Waals surface area contributed by atoms with Gasteiger partial charge in [0.25, 0.3) is 0 Å². The number of guanidine groups is 1. The Hall–Kier alpha value is -5.81. The molecule has 1 aliphatic heterocycles. The number of alkyl halides is 4. The number of primary amides is 2. The molecule has 0 bridgehead atoms. The van der Waals surface area contributed by atoms with Crippen molar-refractivity contribution in [3.05, 3.63) is 72.2 Å². The molecule has 0 spiro atoms. The van der Waals surface area contributed by atoms with E-state index in [1.54, 1.807) is 24.4 Å². The van der Waals surface area contributed by atoms with Crippen LogP contribution in [0.1, 0.15) is 34.3 Å². The molecule has 240 valence electrons. The predicted octanol–water partition coefficient (Wildman–Crippen LogP) is 1.86. The molecule has 0 saturated heterocycles. The Morgan fingerprint density at radius 2 is 1.89 bits per heavy atom. The third kappa shape index (κ3) is 6.79. The largest absolute Gasteiger partial charge is 0.491 e. The van der Waals surface area contributed by atoms with Gasteiger partial charge in [0.1, 0.15) is 12.2 Å². The number of amides is 2. The maximum absolute atomic E-state index is 13.6. The molecule has 18 heteroatoms. The molecular formula is C28H25F4N9O5. The molecule has 6 N–H and O–H groups in total. The zero-order valence-corrected chi connectivity index (χ0v) is 23.6. The number of aromatic nitrogens is 4. The summed E-state index contributed by atoms with van der Waals surface area (Å²) in [6.07, 6.45) is -3.17. The van der Waals surface area contributed by atoms with Gasteiger partial charge < -0.3 is 26.8 Å². The van der Waals surface area contributed by atoms with Crippen molar-refractivity contribution in [2.45, 2.75) is 30.7 Å². The number of carbonyl (C=O) groups is 4. The van der Waals surface area contributed by atoms with Gasteiger partial charge in [0.2, 0.25) is 11.8 Å². The van der Waals surface area contributed by atoms with E-state index in [4.69, 9.17) is 11.5 Å². The van der Waals surface area contributed by atoms with Gasteiger partial charge in [-0.1, -0.05) is 12.1 Å². The molecule has 2 unspecified atom stereocenters. The second-order valence-electron chi connectivity index (χ2n) is 10.2. The van der Waals surface area contributed by atoms with E-state index in [0.717, 1.165) is 4.68 Å². The minimum atomic E-state index is -5.45. The molecule has 0 fully saturated rings. The van der Waals surface area contributed by atoms with E-state index in [0.29, 0.717) is 11.1 Å². The maximum Gasteiger partial charge on any atom is 0.491 e. The van der Waals surface area contributed by atoms with Crippen molar-refractivity contribution >= 4 is 46.3 Å². The normalized spacial score (nSPS) is 16.2. The number of anilines is 1. The number of rotatable bonds is 9. The van der Waals surface area contributed by atoms with Gasteiger partial charge in [-0.15, -0.1) is 0 Å². The summed E-state index contributed by atoms with van der Waals surface area (Å²) < 4.78 is 58.9. The summed E-state index contributed by atoms with van der Waals surface area (Å²) in [6.45, 7) is -0.150. The van der Waals surface area contributed by atoms with Gasteiger partial charge in [0, 0.05) is 29.3 Å². The molecule has 2 aromatic heterocycles. The van der Waals surface area contributed by atoms with Crippen molar-refractivity contribution in [2.75, 3.05) is 18.4 Å². The molecule has 14 nitrogen and oxygen atoms in total. The minimum absolute atomic E-state index is 0.0281. The number of carbonyl (C=O) groups excluding carboxylic acids is 4. The van der Waals surface area contributed by atoms with Gasteiger partial charge in [-0.25, -0.2) is 18.9 Å². The van der Waals surface area contributed by atoms with Gasteiger partial charge in [0.05, 0.1) is 42.6 Å². The second-order valence-corrected chi connectivity index (χ2v) is 10.2. The Morgan fingerprint density at radius 3 is 2.52 bits per heavy atom. The van der Waals surface area contributed by atoms with Crippen molar-refractivity contribution in [1.82, 2.24) is 24.9 Å². The van der Waals surface area contributed by atoms with E-state index in [2.05, 4.69) is 30.6 Å². The number of nitrogens with two attached hydrogens (primary N) is 2. The Labute approximate surface area is 256 Å². The van der Waals surface area contributed by atoms with Crippen LogP contribution in [0.15, 0.2) is 66.0 Å². The van der Waals surface area contributed by atoms with Crippen molar-refractivity contribution in [1.29, 1.82) is 0 Å². The zero-order chi connectivity index (χ0) is 33.2. The standard InChI is InChI=1S/C28H25F4N9O5/c29-16-11-35-27(36-12-16)39-20-8-15(24(33)43)9-21-19(20)13-38-41(21)23(25(34)44)18(10-22(42)46-26(45)28(30,31)32)14-3-1-4-17(7-14)40-6-2-5-37-40/h1-9,13,16,18,23H,10-12H2,(H2,33,43)(H2,34,44)(H2,35,36,39)/t18-,23?/m0/s1. The Balaban J connectivity index is 1.63. The smallest absolute Gasteiger partial charge is 0.386 e. The van der Waals surface area contributed by atoms with E-state index >= 15 is 0 Å². The van der Waals surface area contributed by atoms with Crippen molar-refractivity contribution < 1.29 is 41.5 Å². The molecule has 4 aromatic rings. The summed E-state index contributed by atoms with van der Waals surface area (Å²) in [4.78, 5) is 53.7. The number of hydrogen-bond donors (Lipinski definition) is 4. The number of fused-ring (bicyclic) bond motifs is 1. The average Bonchev–Trinajstić information content (AvgIpc) is 3.69. The first kappa shape index (κ1) is 31.6. The highest BCUT2D eigenvalue weighted by Gasteiger charge is 2.43. The summed E-state index contributed by atoms with van der Waals surface area (Å²) >= 11 is 0. The fourth-order valence-electron chi connectivity index (χ4n) is 4.95. The van der Waals surface area contributed by atoms with Crippen LogP contribution in [-0.2, 0) is 19.1 Å². The summed E-state index contributed by atoms with van der Waals surface area (Å²) in [5.41, 5.74) is 12.4. The molecule has 46 heavy (non-hydrogen) atoms. The van der Waals surface area contributed by atoms with Gasteiger partial charge in [-0.05, 0) is 35.9 Å². The maximum atomic E-state index is 13.6. The van der Waals surface area contributed by atoms with Gasteiger partial charge in [-0.3, -0.25) is 19.1 Å². The van der Waals surface area contributed by atoms with Crippen LogP contribution in [0.2, 0.25) is 0 Å². The zero-order valence-electron chi connectivity index (χ0n) is 23.6. The number of nitrogens with one attached hydrogen (secondary N) is 2. The molecule has 2 aromatic carbocycles. The highest BCUT2D eigenvalue weighted by atomic mass is 19.4. The van der Waals surface area contributed by atoms with Gasteiger partial charge in [0.15, 0.2) is 5.96 Å². The first-order chi connectivity index (χ1) is 21.8. The summed E-state index contributed by atoms with van der Waals surface area (Å²) in [5.74, 6) is -7.44. The van der Waals surface area contributed by atoms with Crippen LogP contribution in [-0.4, -0.2) is 74.7 Å². The van der Waals surface area contributed by atoms with E-state index in [-0.39, 0.29) is 41.4 Å². The van der Waals surface area contributed by atoms with Crippen LogP contribution in [0.3, 0.4) is 0 Å². The van der Waals surface area contributed by atoms with Crippen LogP contribution in [0.5, 0.6) is 0 Å². The Bertz CT molecular complexity index is 1840. The fraction of sp³-hybridized carbons (Fsp3) is 0.250. The van der Waals surface area contributed by atoms with Crippen LogP contribution < -0.4 is 22.1 Å². The van der Waals surface area contributed by atoms with E-state index < -0.39 is 54.5 Å². The summed E-state index contributed by atoms with van der Waals surface area (Å²) in [7, 11) is 0. The lowest BCUT2D eigenvalue weighted by Crippen LogP contribution is -2.41. The third-order valence-electron chi connectivity index (χ3n) is 7.02. The highest BCUT2D eigenvalue weighted by molar-refractivity contribution is 6.07. The minimum Gasteiger partial charge on any atom is -0.386 e. The highest BCUT2D eigenvalue weighted by Crippen LogP contribution is 2.37. The molecule has 5 rings (SSSR count). The molecule has 0 saturated carbocycles. The lowest BCUT2D eigenvalue weighted by molar-refractivity contribution is -0.202. The van der Waals surface area contributed by atoms with Crippen molar-refractivity contribution in [3.8, 4) is 5.69 Å². The summed E-state index contributed by atoms with van der Waals surface area (Å²) in [5, 5.41) is 14.4.